The molecule has 0 aromatic carbocycles. The van der Waals surface area contributed by atoms with Crippen molar-refractivity contribution in [2.75, 3.05) is 13.2 Å². The number of aliphatic hydroxyl groups is 2. The fourth-order valence-corrected chi connectivity index (χ4v) is 2.84. The van der Waals surface area contributed by atoms with Gasteiger partial charge in [-0.15, -0.1) is 0 Å². The largest absolute Gasteiger partial charge is 0.390 e. The van der Waals surface area contributed by atoms with Gasteiger partial charge in [0, 0.05) is 13.2 Å². The van der Waals surface area contributed by atoms with Gasteiger partial charge in [0.15, 0.2) is 0 Å². The molecule has 1 saturated heterocycles. The van der Waals surface area contributed by atoms with Gasteiger partial charge in [-0.2, -0.15) is 0 Å². The predicted octanol–water partition coefficient (Wildman–Crippen LogP) is 1.47. The molecule has 0 amide bonds. The highest BCUT2D eigenvalue weighted by Crippen LogP contribution is 2.35. The molecule has 0 aromatic rings. The zero-order chi connectivity index (χ0) is 10.7. The SMILES string of the molecule is OC(CC1CCOCC1)C1(O)CCCC1. The molecule has 2 fully saturated rings. The van der Waals surface area contributed by atoms with Gasteiger partial charge in [0.2, 0.25) is 0 Å². The lowest BCUT2D eigenvalue weighted by atomic mass is 9.85. The second-order valence-electron chi connectivity index (χ2n) is 5.12. The maximum absolute atomic E-state index is 10.2. The molecule has 0 spiro atoms. The summed E-state index contributed by atoms with van der Waals surface area (Å²) in [5, 5.41) is 20.3. The number of aliphatic hydroxyl groups excluding tert-OH is 1. The molecular weight excluding hydrogens is 192 g/mol. The molecule has 1 atom stereocenters. The van der Waals surface area contributed by atoms with Crippen LogP contribution in [0.25, 0.3) is 0 Å². The second-order valence-corrected chi connectivity index (χ2v) is 5.12. The molecule has 2 aliphatic rings. The first-order valence-corrected chi connectivity index (χ1v) is 6.19. The summed E-state index contributed by atoms with van der Waals surface area (Å²) in [5.74, 6) is 0.540. The standard InChI is InChI=1S/C12H22O3/c13-11(12(14)5-1-2-6-12)9-10-3-7-15-8-4-10/h10-11,13-14H,1-9H2. The van der Waals surface area contributed by atoms with E-state index in [0.717, 1.165) is 58.2 Å². The molecule has 3 nitrogen and oxygen atoms in total. The van der Waals surface area contributed by atoms with Gasteiger partial charge >= 0.3 is 0 Å². The minimum absolute atomic E-state index is 0.525. The van der Waals surface area contributed by atoms with Gasteiger partial charge in [-0.3, -0.25) is 0 Å². The molecule has 2 rings (SSSR count). The van der Waals surface area contributed by atoms with Crippen LogP contribution in [0.2, 0.25) is 0 Å². The number of hydrogen-bond acceptors (Lipinski definition) is 3. The number of hydrogen-bond donors (Lipinski definition) is 2. The van der Waals surface area contributed by atoms with Crippen molar-refractivity contribution in [3.8, 4) is 0 Å². The summed E-state index contributed by atoms with van der Waals surface area (Å²) in [5.41, 5.74) is -0.779. The van der Waals surface area contributed by atoms with Crippen LogP contribution in [0.4, 0.5) is 0 Å². The molecule has 1 saturated carbocycles. The summed E-state index contributed by atoms with van der Waals surface area (Å²) in [6.45, 7) is 1.63. The van der Waals surface area contributed by atoms with Crippen LogP contribution in [0.3, 0.4) is 0 Å². The van der Waals surface area contributed by atoms with Crippen molar-refractivity contribution in [2.24, 2.45) is 5.92 Å². The van der Waals surface area contributed by atoms with E-state index in [1.165, 1.54) is 0 Å². The Labute approximate surface area is 91.4 Å². The molecule has 0 bridgehead atoms. The third-order valence-corrected chi connectivity index (χ3v) is 3.99. The van der Waals surface area contributed by atoms with Crippen LogP contribution in [0.15, 0.2) is 0 Å². The first kappa shape index (κ1) is 11.4. The van der Waals surface area contributed by atoms with Crippen LogP contribution in [0.1, 0.15) is 44.9 Å². The molecule has 2 N–H and O–H groups in total. The first-order valence-electron chi connectivity index (χ1n) is 6.19. The van der Waals surface area contributed by atoms with Gasteiger partial charge in [-0.05, 0) is 38.0 Å². The third kappa shape index (κ3) is 2.71. The van der Waals surface area contributed by atoms with Crippen molar-refractivity contribution >= 4 is 0 Å². The van der Waals surface area contributed by atoms with E-state index >= 15 is 0 Å². The van der Waals surface area contributed by atoms with E-state index in [9.17, 15) is 10.2 Å². The number of ether oxygens (including phenoxy) is 1. The maximum Gasteiger partial charge on any atom is 0.0905 e. The summed E-state index contributed by atoms with van der Waals surface area (Å²) in [6, 6.07) is 0. The molecule has 88 valence electrons. The highest BCUT2D eigenvalue weighted by molar-refractivity contribution is 4.91. The van der Waals surface area contributed by atoms with E-state index < -0.39 is 11.7 Å². The lowest BCUT2D eigenvalue weighted by molar-refractivity contribution is -0.0847. The van der Waals surface area contributed by atoms with Crippen LogP contribution in [-0.2, 0) is 4.74 Å². The summed E-state index contributed by atoms with van der Waals surface area (Å²) in [6.07, 6.45) is 5.96. The van der Waals surface area contributed by atoms with Crippen molar-refractivity contribution in [3.05, 3.63) is 0 Å². The zero-order valence-corrected chi connectivity index (χ0v) is 9.32. The molecule has 1 aliphatic carbocycles. The van der Waals surface area contributed by atoms with Gasteiger partial charge in [0.1, 0.15) is 0 Å². The normalized spacial score (nSPS) is 29.2. The molecule has 1 unspecified atom stereocenters. The van der Waals surface area contributed by atoms with Crippen molar-refractivity contribution < 1.29 is 14.9 Å². The Hall–Kier alpha value is -0.120. The molecule has 0 radical (unpaired) electrons. The van der Waals surface area contributed by atoms with E-state index in [1.54, 1.807) is 0 Å². The average molecular weight is 214 g/mol. The minimum atomic E-state index is -0.779. The molecule has 3 heteroatoms. The fourth-order valence-electron chi connectivity index (χ4n) is 2.84. The smallest absolute Gasteiger partial charge is 0.0905 e. The Balaban J connectivity index is 1.82. The van der Waals surface area contributed by atoms with Crippen LogP contribution < -0.4 is 0 Å². The predicted molar refractivity (Wildman–Crippen MR) is 57.6 cm³/mol. The van der Waals surface area contributed by atoms with Gasteiger partial charge in [-0.25, -0.2) is 0 Å². The Bertz CT molecular complexity index is 193. The second kappa shape index (κ2) is 4.81. The van der Waals surface area contributed by atoms with Gasteiger partial charge in [0.25, 0.3) is 0 Å². The van der Waals surface area contributed by atoms with E-state index in [1.807, 2.05) is 0 Å². The van der Waals surface area contributed by atoms with Crippen molar-refractivity contribution in [1.82, 2.24) is 0 Å². The fraction of sp³-hybridized carbons (Fsp3) is 1.00. The van der Waals surface area contributed by atoms with E-state index in [2.05, 4.69) is 0 Å². The van der Waals surface area contributed by atoms with E-state index in [-0.39, 0.29) is 0 Å². The Morgan fingerprint density at radius 2 is 1.80 bits per heavy atom. The Morgan fingerprint density at radius 1 is 1.20 bits per heavy atom. The average Bonchev–Trinajstić information content (AvgIpc) is 2.68. The van der Waals surface area contributed by atoms with Crippen LogP contribution in [-0.4, -0.2) is 35.1 Å². The minimum Gasteiger partial charge on any atom is -0.390 e. The molecule has 1 aliphatic heterocycles. The van der Waals surface area contributed by atoms with Gasteiger partial charge in [0.05, 0.1) is 11.7 Å². The molecular formula is C12H22O3. The lowest BCUT2D eigenvalue weighted by Gasteiger charge is -2.32. The maximum atomic E-state index is 10.2. The third-order valence-electron chi connectivity index (χ3n) is 3.99. The van der Waals surface area contributed by atoms with Crippen LogP contribution in [0.5, 0.6) is 0 Å². The van der Waals surface area contributed by atoms with Crippen molar-refractivity contribution in [1.29, 1.82) is 0 Å². The monoisotopic (exact) mass is 214 g/mol. The highest BCUT2D eigenvalue weighted by Gasteiger charge is 2.39. The lowest BCUT2D eigenvalue weighted by Crippen LogP contribution is -2.41. The van der Waals surface area contributed by atoms with Gasteiger partial charge in [-0.1, -0.05) is 12.8 Å². The Morgan fingerprint density at radius 3 is 2.40 bits per heavy atom. The summed E-state index contributed by atoms with van der Waals surface area (Å²) >= 11 is 0. The molecule has 0 aromatic heterocycles. The van der Waals surface area contributed by atoms with Crippen LogP contribution >= 0.6 is 0 Å². The summed E-state index contributed by atoms with van der Waals surface area (Å²) < 4.78 is 5.29. The quantitative estimate of drug-likeness (QED) is 0.748. The van der Waals surface area contributed by atoms with E-state index in [4.69, 9.17) is 4.74 Å². The summed E-state index contributed by atoms with van der Waals surface area (Å²) in [4.78, 5) is 0. The topological polar surface area (TPSA) is 49.7 Å². The molecule has 1 heterocycles. The number of rotatable bonds is 3. The molecule has 15 heavy (non-hydrogen) atoms. The zero-order valence-electron chi connectivity index (χ0n) is 9.32. The highest BCUT2D eigenvalue weighted by atomic mass is 16.5. The summed E-state index contributed by atoms with van der Waals surface area (Å²) in [7, 11) is 0. The Kier molecular flexibility index (Phi) is 3.65. The van der Waals surface area contributed by atoms with Crippen LogP contribution in [0, 0.1) is 5.92 Å². The first-order chi connectivity index (χ1) is 7.21. The van der Waals surface area contributed by atoms with Crippen molar-refractivity contribution in [3.63, 3.8) is 0 Å². The van der Waals surface area contributed by atoms with Crippen molar-refractivity contribution in [2.45, 2.75) is 56.7 Å². The van der Waals surface area contributed by atoms with E-state index in [0.29, 0.717) is 5.92 Å². The van der Waals surface area contributed by atoms with Gasteiger partial charge < -0.3 is 14.9 Å².